The molecule has 0 aliphatic carbocycles. The average molecular weight is 695 g/mol. The minimum atomic E-state index is -4.86. The van der Waals surface area contributed by atoms with E-state index in [0.29, 0.717) is 71.4 Å². The Balaban J connectivity index is 0.000000817. The number of alkyl halides is 3. The van der Waals surface area contributed by atoms with Crippen LogP contribution >= 0.6 is 0 Å². The highest BCUT2D eigenvalue weighted by atomic mass is 19.4. The lowest BCUT2D eigenvalue weighted by atomic mass is 9.96. The lowest BCUT2D eigenvalue weighted by molar-refractivity contribution is -0.137. The van der Waals surface area contributed by atoms with E-state index in [1.165, 1.54) is 6.07 Å². The van der Waals surface area contributed by atoms with Gasteiger partial charge >= 0.3 is 6.18 Å². The predicted molar refractivity (Wildman–Crippen MR) is 200 cm³/mol. The third kappa shape index (κ3) is 5.79. The monoisotopic (exact) mass is 694 g/mol. The highest BCUT2D eigenvalue weighted by Crippen LogP contribution is 2.47. The maximum Gasteiger partial charge on any atom is 0.420 e. The second-order valence-corrected chi connectivity index (χ2v) is 12.3. The minimum absolute atomic E-state index is 0.0897. The van der Waals surface area contributed by atoms with Gasteiger partial charge in [0, 0.05) is 32.7 Å². The fraction of sp³-hybridized carbons (Fsp3) is 0.0455. The van der Waals surface area contributed by atoms with E-state index in [1.807, 2.05) is 30.3 Å². The van der Waals surface area contributed by atoms with Crippen molar-refractivity contribution in [2.75, 3.05) is 0 Å². The summed E-state index contributed by atoms with van der Waals surface area (Å²) in [6.45, 7) is 4.98. The van der Waals surface area contributed by atoms with Crippen molar-refractivity contribution in [3.63, 3.8) is 0 Å². The summed E-state index contributed by atoms with van der Waals surface area (Å²) < 4.78 is 51.2. The van der Waals surface area contributed by atoms with Crippen LogP contribution in [0.25, 0.3) is 66.1 Å². The van der Waals surface area contributed by atoms with E-state index in [9.17, 15) is 15.8 Å². The van der Waals surface area contributed by atoms with Gasteiger partial charge in [-0.05, 0) is 79.2 Å². The Morgan fingerprint density at radius 3 is 1.58 bits per heavy atom. The summed E-state index contributed by atoms with van der Waals surface area (Å²) in [7, 11) is 0. The molecule has 6 aromatic carbocycles. The number of nitrogens with zero attached hydrogens (tertiary/aromatic N) is 6. The highest BCUT2D eigenvalue weighted by molar-refractivity contribution is 6.12. The highest BCUT2D eigenvalue weighted by Gasteiger charge is 2.40. The van der Waals surface area contributed by atoms with E-state index in [0.717, 1.165) is 0 Å². The molecule has 0 saturated heterocycles. The van der Waals surface area contributed by atoms with Crippen LogP contribution in [0.15, 0.2) is 133 Å². The molecule has 8 aromatic rings. The van der Waals surface area contributed by atoms with Crippen LogP contribution in [0.3, 0.4) is 0 Å². The van der Waals surface area contributed by atoms with Gasteiger partial charge in [-0.15, -0.1) is 0 Å². The van der Waals surface area contributed by atoms with Crippen molar-refractivity contribution in [1.82, 2.24) is 9.13 Å². The van der Waals surface area contributed by atoms with Gasteiger partial charge in [0.25, 0.3) is 0 Å². The van der Waals surface area contributed by atoms with Gasteiger partial charge in [0.2, 0.25) is 0 Å². The number of benzene rings is 6. The van der Waals surface area contributed by atoms with E-state index in [2.05, 4.69) is 24.8 Å². The quantitative estimate of drug-likeness (QED) is 0.172. The number of nitriles is 4. The van der Waals surface area contributed by atoms with E-state index in [4.69, 9.17) is 5.26 Å². The maximum atomic E-state index is 16.0. The van der Waals surface area contributed by atoms with Crippen LogP contribution in [0.2, 0.25) is 0 Å². The third-order valence-electron chi connectivity index (χ3n) is 9.00. The van der Waals surface area contributed by atoms with Crippen molar-refractivity contribution in [3.05, 3.63) is 156 Å². The van der Waals surface area contributed by atoms with Gasteiger partial charge in [0.05, 0.1) is 74.4 Å². The lowest BCUT2D eigenvalue weighted by Gasteiger charge is -2.24. The molecular formula is C44H25F3N6. The zero-order valence-electron chi connectivity index (χ0n) is 28.1. The van der Waals surface area contributed by atoms with Crippen molar-refractivity contribution < 1.29 is 13.2 Å². The summed E-state index contributed by atoms with van der Waals surface area (Å²) >= 11 is 0. The second-order valence-electron chi connectivity index (χ2n) is 12.3. The maximum absolute atomic E-state index is 16.0. The zero-order chi connectivity index (χ0) is 37.4. The third-order valence-corrected chi connectivity index (χ3v) is 9.00. The first kappa shape index (κ1) is 33.9. The molecule has 0 amide bonds. The summed E-state index contributed by atoms with van der Waals surface area (Å²) in [5.41, 5.74) is 3.42. The van der Waals surface area contributed by atoms with Gasteiger partial charge in [-0.1, -0.05) is 61.2 Å². The molecule has 0 saturated carbocycles. The number of halogens is 3. The molecule has 8 rings (SSSR count). The van der Waals surface area contributed by atoms with E-state index in [-0.39, 0.29) is 16.9 Å². The van der Waals surface area contributed by atoms with Gasteiger partial charge in [0.15, 0.2) is 0 Å². The second kappa shape index (κ2) is 13.3. The van der Waals surface area contributed by atoms with E-state index < -0.39 is 11.7 Å². The van der Waals surface area contributed by atoms with E-state index >= 15 is 13.2 Å². The molecule has 0 unspecified atom stereocenters. The van der Waals surface area contributed by atoms with Gasteiger partial charge in [-0.3, -0.25) is 0 Å². The largest absolute Gasteiger partial charge is 0.420 e. The van der Waals surface area contributed by atoms with Crippen molar-refractivity contribution >= 4 is 43.6 Å². The first-order valence-corrected chi connectivity index (χ1v) is 16.3. The Bertz CT molecular complexity index is 2970. The molecule has 0 radical (unpaired) electrons. The van der Waals surface area contributed by atoms with Crippen LogP contribution in [0.5, 0.6) is 0 Å². The standard InChI is InChI=1S/C40H20F3N5.C4H5N/c41-40(42,43)38-37(47-33-10-3-1-8-29(33)31-19-25(22-45)12-15-35(31)47)17-14-28(27-7-5-6-24(18-27)21-44)39(38)48-34-11-4-2-9-30(34)32-20-26(23-46)13-16-36(32)48;1-4(2)3-5/h1-20H;1H2,2H3. The topological polar surface area (TPSA) is 105 Å². The Morgan fingerprint density at radius 1 is 0.566 bits per heavy atom. The number of allylic oxidation sites excluding steroid dienone is 1. The van der Waals surface area contributed by atoms with Gasteiger partial charge in [-0.25, -0.2) is 0 Å². The molecule has 0 N–H and O–H groups in total. The Hall–Kier alpha value is -7.59. The molecule has 0 fully saturated rings. The van der Waals surface area contributed by atoms with E-state index in [1.54, 1.807) is 107 Å². The summed E-state index contributed by atoms with van der Waals surface area (Å²) in [5, 5.41) is 39.5. The summed E-state index contributed by atoms with van der Waals surface area (Å²) in [4.78, 5) is 0. The predicted octanol–water partition coefficient (Wildman–Crippen LogP) is 11.3. The van der Waals surface area contributed by atoms with Crippen LogP contribution < -0.4 is 0 Å². The number of para-hydroxylation sites is 2. The Kier molecular flexibility index (Phi) is 8.49. The molecule has 0 aliphatic rings. The molecule has 2 heterocycles. The Labute approximate surface area is 301 Å². The fourth-order valence-electron chi connectivity index (χ4n) is 6.85. The zero-order valence-corrected chi connectivity index (χ0v) is 28.1. The SMILES string of the molecule is C=C(C)C#N.N#Cc1cccc(-c2ccc(-n3c4ccccc4c4cc(C#N)ccc43)c(C(F)(F)F)c2-n2c3ccccc3c3cc(C#N)ccc32)c1. The molecular weight excluding hydrogens is 670 g/mol. The summed E-state index contributed by atoms with van der Waals surface area (Å²) in [6, 6.07) is 42.3. The summed E-state index contributed by atoms with van der Waals surface area (Å²) in [5.74, 6) is 0. The van der Waals surface area contributed by atoms with Crippen LogP contribution in [-0.4, -0.2) is 9.13 Å². The molecule has 9 heteroatoms. The van der Waals surface area contributed by atoms with Gasteiger partial charge in [0.1, 0.15) is 5.56 Å². The molecule has 6 nitrogen and oxygen atoms in total. The van der Waals surface area contributed by atoms with Crippen LogP contribution in [0.4, 0.5) is 13.2 Å². The Morgan fingerprint density at radius 2 is 1.06 bits per heavy atom. The number of aromatic nitrogens is 2. The fourth-order valence-corrected chi connectivity index (χ4v) is 6.85. The van der Waals surface area contributed by atoms with Crippen molar-refractivity contribution in [2.45, 2.75) is 13.1 Å². The van der Waals surface area contributed by atoms with Crippen molar-refractivity contribution in [1.29, 1.82) is 21.0 Å². The number of hydrogen-bond acceptors (Lipinski definition) is 4. The molecule has 53 heavy (non-hydrogen) atoms. The van der Waals surface area contributed by atoms with Crippen molar-refractivity contribution in [2.24, 2.45) is 0 Å². The normalized spacial score (nSPS) is 11.0. The smallest absolute Gasteiger partial charge is 0.309 e. The first-order chi connectivity index (χ1) is 25.6. The van der Waals surface area contributed by atoms with Gasteiger partial charge in [-0.2, -0.15) is 34.2 Å². The first-order valence-electron chi connectivity index (χ1n) is 16.3. The minimum Gasteiger partial charge on any atom is -0.309 e. The molecule has 0 aliphatic heterocycles. The van der Waals surface area contributed by atoms with Crippen LogP contribution in [-0.2, 0) is 6.18 Å². The molecule has 2 aromatic heterocycles. The molecule has 0 bridgehead atoms. The van der Waals surface area contributed by atoms with Crippen molar-refractivity contribution in [3.8, 4) is 46.8 Å². The number of rotatable bonds is 3. The van der Waals surface area contributed by atoms with Gasteiger partial charge < -0.3 is 9.13 Å². The average Bonchev–Trinajstić information content (AvgIpc) is 3.69. The molecule has 0 atom stereocenters. The lowest BCUT2D eigenvalue weighted by Crippen LogP contribution is -2.16. The van der Waals surface area contributed by atoms with Crippen LogP contribution in [0.1, 0.15) is 29.2 Å². The molecule has 252 valence electrons. The number of fused-ring (bicyclic) bond motifs is 6. The molecule has 0 spiro atoms. The van der Waals surface area contributed by atoms with Crippen LogP contribution in [0, 0.1) is 45.3 Å². The summed E-state index contributed by atoms with van der Waals surface area (Å²) in [6.07, 6.45) is -4.86. The number of hydrogen-bond donors (Lipinski definition) is 0.